The SMILES string of the molecule is Cc1c(C#CCCO)cccc1C(=O)Nc1nncs1. The van der Waals surface area contributed by atoms with Crippen LogP contribution < -0.4 is 5.32 Å². The standard InChI is InChI=1S/C14H13N3O2S/c1-10-11(5-2-3-8-18)6-4-7-12(10)13(19)16-14-17-15-9-20-14/h4,6-7,9,18H,3,8H2,1H3,(H,16,17,19). The first kappa shape index (κ1) is 14.2. The zero-order valence-electron chi connectivity index (χ0n) is 10.9. The predicted molar refractivity (Wildman–Crippen MR) is 77.6 cm³/mol. The lowest BCUT2D eigenvalue weighted by Gasteiger charge is -2.06. The van der Waals surface area contributed by atoms with E-state index in [0.717, 1.165) is 11.1 Å². The molecule has 2 N–H and O–H groups in total. The van der Waals surface area contributed by atoms with Gasteiger partial charge in [0.25, 0.3) is 5.91 Å². The third-order valence-electron chi connectivity index (χ3n) is 2.62. The highest BCUT2D eigenvalue weighted by atomic mass is 32.1. The number of aromatic nitrogens is 2. The molecule has 2 rings (SSSR count). The van der Waals surface area contributed by atoms with Gasteiger partial charge < -0.3 is 5.11 Å². The van der Waals surface area contributed by atoms with E-state index in [4.69, 9.17) is 5.11 Å². The van der Waals surface area contributed by atoms with Gasteiger partial charge in [-0.3, -0.25) is 10.1 Å². The molecular weight excluding hydrogens is 274 g/mol. The fourth-order valence-electron chi connectivity index (χ4n) is 1.62. The van der Waals surface area contributed by atoms with Crippen LogP contribution in [0.15, 0.2) is 23.7 Å². The summed E-state index contributed by atoms with van der Waals surface area (Å²) in [6, 6.07) is 5.37. The Morgan fingerprint density at radius 1 is 1.50 bits per heavy atom. The van der Waals surface area contributed by atoms with E-state index in [1.807, 2.05) is 13.0 Å². The van der Waals surface area contributed by atoms with Crippen molar-refractivity contribution in [3.63, 3.8) is 0 Å². The summed E-state index contributed by atoms with van der Waals surface area (Å²) in [6.45, 7) is 1.88. The van der Waals surface area contributed by atoms with Crippen LogP contribution in [0.25, 0.3) is 0 Å². The zero-order valence-corrected chi connectivity index (χ0v) is 11.7. The Hall–Kier alpha value is -2.23. The Bertz CT molecular complexity index is 657. The van der Waals surface area contributed by atoms with Crippen LogP contribution in [-0.2, 0) is 0 Å². The summed E-state index contributed by atoms with van der Waals surface area (Å²) in [7, 11) is 0. The van der Waals surface area contributed by atoms with Crippen molar-refractivity contribution >= 4 is 22.4 Å². The Labute approximate surface area is 120 Å². The van der Waals surface area contributed by atoms with Crippen molar-refractivity contribution in [2.45, 2.75) is 13.3 Å². The number of hydrogen-bond donors (Lipinski definition) is 2. The summed E-state index contributed by atoms with van der Waals surface area (Å²) in [5, 5.41) is 19.3. The molecular formula is C14H13N3O2S. The molecule has 1 aromatic carbocycles. The topological polar surface area (TPSA) is 75.1 Å². The second-order valence-electron chi connectivity index (χ2n) is 3.95. The van der Waals surface area contributed by atoms with E-state index < -0.39 is 0 Å². The summed E-state index contributed by atoms with van der Waals surface area (Å²) in [5.41, 5.74) is 3.69. The highest BCUT2D eigenvalue weighted by Gasteiger charge is 2.12. The number of anilines is 1. The number of rotatable bonds is 3. The van der Waals surface area contributed by atoms with Gasteiger partial charge in [0.05, 0.1) is 6.61 Å². The fraction of sp³-hybridized carbons (Fsp3) is 0.214. The molecule has 0 unspecified atom stereocenters. The maximum Gasteiger partial charge on any atom is 0.257 e. The molecule has 0 atom stereocenters. The van der Waals surface area contributed by atoms with Gasteiger partial charge in [0.1, 0.15) is 5.51 Å². The van der Waals surface area contributed by atoms with Crippen LogP contribution in [-0.4, -0.2) is 27.8 Å². The highest BCUT2D eigenvalue weighted by Crippen LogP contribution is 2.16. The molecule has 5 nitrogen and oxygen atoms in total. The molecule has 0 saturated heterocycles. The van der Waals surface area contributed by atoms with Crippen molar-refractivity contribution in [1.29, 1.82) is 0 Å². The Morgan fingerprint density at radius 2 is 2.35 bits per heavy atom. The van der Waals surface area contributed by atoms with Gasteiger partial charge in [0.2, 0.25) is 5.13 Å². The maximum absolute atomic E-state index is 12.2. The Morgan fingerprint density at radius 3 is 3.05 bits per heavy atom. The minimum absolute atomic E-state index is 0.0310. The first-order chi connectivity index (χ1) is 9.72. The van der Waals surface area contributed by atoms with E-state index in [2.05, 4.69) is 27.4 Å². The zero-order chi connectivity index (χ0) is 14.4. The average Bonchev–Trinajstić information content (AvgIpc) is 2.93. The molecule has 0 fully saturated rings. The number of carbonyl (C=O) groups excluding carboxylic acids is 1. The molecule has 0 aliphatic heterocycles. The molecule has 2 aromatic rings. The minimum Gasteiger partial charge on any atom is -0.395 e. The van der Waals surface area contributed by atoms with E-state index in [0.29, 0.717) is 17.1 Å². The first-order valence-corrected chi connectivity index (χ1v) is 6.87. The average molecular weight is 287 g/mol. The number of aliphatic hydroxyl groups is 1. The third-order valence-corrected chi connectivity index (χ3v) is 3.23. The van der Waals surface area contributed by atoms with E-state index in [9.17, 15) is 4.79 Å². The van der Waals surface area contributed by atoms with Crippen LogP contribution in [0.1, 0.15) is 27.9 Å². The van der Waals surface area contributed by atoms with Crippen LogP contribution >= 0.6 is 11.3 Å². The normalized spacial score (nSPS) is 9.70. The Balaban J connectivity index is 2.22. The number of nitrogens with zero attached hydrogens (tertiary/aromatic N) is 2. The summed E-state index contributed by atoms with van der Waals surface area (Å²) in [5.74, 6) is 5.57. The number of hydrogen-bond acceptors (Lipinski definition) is 5. The fourth-order valence-corrected chi connectivity index (χ4v) is 2.06. The largest absolute Gasteiger partial charge is 0.395 e. The second kappa shape index (κ2) is 6.80. The molecule has 1 aromatic heterocycles. The lowest BCUT2D eigenvalue weighted by atomic mass is 10.0. The summed E-state index contributed by atoms with van der Waals surface area (Å²) >= 11 is 1.26. The van der Waals surface area contributed by atoms with E-state index in [1.54, 1.807) is 17.6 Å². The van der Waals surface area contributed by atoms with Crippen molar-refractivity contribution in [1.82, 2.24) is 10.2 Å². The van der Waals surface area contributed by atoms with Crippen LogP contribution in [0.3, 0.4) is 0 Å². The quantitative estimate of drug-likeness (QED) is 0.845. The second-order valence-corrected chi connectivity index (χ2v) is 4.78. The van der Waals surface area contributed by atoms with Crippen molar-refractivity contribution in [3.8, 4) is 11.8 Å². The number of benzene rings is 1. The van der Waals surface area contributed by atoms with Gasteiger partial charge in [-0.15, -0.1) is 10.2 Å². The van der Waals surface area contributed by atoms with Gasteiger partial charge in [-0.25, -0.2) is 0 Å². The lowest BCUT2D eigenvalue weighted by Crippen LogP contribution is -2.13. The van der Waals surface area contributed by atoms with Crippen LogP contribution in [0.2, 0.25) is 0 Å². The van der Waals surface area contributed by atoms with E-state index >= 15 is 0 Å². The lowest BCUT2D eigenvalue weighted by molar-refractivity contribution is 0.102. The van der Waals surface area contributed by atoms with Crippen molar-refractivity contribution in [3.05, 3.63) is 40.4 Å². The van der Waals surface area contributed by atoms with Gasteiger partial charge in [0, 0.05) is 17.5 Å². The number of carbonyl (C=O) groups is 1. The predicted octanol–water partition coefficient (Wildman–Crippen LogP) is 1.83. The monoisotopic (exact) mass is 287 g/mol. The minimum atomic E-state index is -0.231. The summed E-state index contributed by atoms with van der Waals surface area (Å²) in [4.78, 5) is 12.2. The van der Waals surface area contributed by atoms with Crippen molar-refractivity contribution in [2.24, 2.45) is 0 Å². The molecule has 0 aliphatic carbocycles. The van der Waals surface area contributed by atoms with E-state index in [-0.39, 0.29) is 12.5 Å². The van der Waals surface area contributed by atoms with Gasteiger partial charge in [-0.2, -0.15) is 0 Å². The third kappa shape index (κ3) is 3.41. The molecule has 1 amide bonds. The molecule has 102 valence electrons. The molecule has 20 heavy (non-hydrogen) atoms. The number of aliphatic hydroxyl groups excluding tert-OH is 1. The van der Waals surface area contributed by atoms with Crippen molar-refractivity contribution < 1.29 is 9.90 Å². The molecule has 0 radical (unpaired) electrons. The smallest absolute Gasteiger partial charge is 0.257 e. The first-order valence-electron chi connectivity index (χ1n) is 5.99. The number of amides is 1. The Kier molecular flexibility index (Phi) is 4.82. The molecule has 0 spiro atoms. The maximum atomic E-state index is 12.2. The number of nitrogens with one attached hydrogen (secondary N) is 1. The van der Waals surface area contributed by atoms with Crippen molar-refractivity contribution in [2.75, 3.05) is 11.9 Å². The van der Waals surface area contributed by atoms with E-state index in [1.165, 1.54) is 11.3 Å². The molecule has 0 aliphatic rings. The molecule has 1 heterocycles. The van der Waals surface area contributed by atoms with Crippen LogP contribution in [0.4, 0.5) is 5.13 Å². The molecule has 0 bridgehead atoms. The van der Waals surface area contributed by atoms with Gasteiger partial charge in [-0.1, -0.05) is 29.2 Å². The molecule has 0 saturated carbocycles. The van der Waals surface area contributed by atoms with Gasteiger partial charge >= 0.3 is 0 Å². The van der Waals surface area contributed by atoms with Crippen LogP contribution in [0, 0.1) is 18.8 Å². The highest BCUT2D eigenvalue weighted by molar-refractivity contribution is 7.13. The molecule has 6 heteroatoms. The van der Waals surface area contributed by atoms with Gasteiger partial charge in [-0.05, 0) is 24.6 Å². The summed E-state index contributed by atoms with van der Waals surface area (Å²) < 4.78 is 0. The van der Waals surface area contributed by atoms with Crippen LogP contribution in [0.5, 0.6) is 0 Å². The summed E-state index contributed by atoms with van der Waals surface area (Å²) in [6.07, 6.45) is 0.417. The van der Waals surface area contributed by atoms with Gasteiger partial charge in [0.15, 0.2) is 0 Å².